The van der Waals surface area contributed by atoms with E-state index in [0.29, 0.717) is 5.56 Å². The number of aromatic nitrogens is 4. The maximum absolute atomic E-state index is 12.3. The predicted molar refractivity (Wildman–Crippen MR) is 93.3 cm³/mol. The molecular weight excluding hydrogens is 340 g/mol. The Morgan fingerprint density at radius 3 is 2.65 bits per heavy atom. The Labute approximate surface area is 147 Å². The number of hydrogen-bond acceptors (Lipinski definition) is 6. The molecule has 0 fully saturated rings. The molecule has 26 heavy (non-hydrogen) atoms. The second-order valence-electron chi connectivity index (χ2n) is 5.95. The number of hydrogen-bond donors (Lipinski definition) is 1. The van der Waals surface area contributed by atoms with Crippen LogP contribution in [0.2, 0.25) is 0 Å². The predicted octanol–water partition coefficient (Wildman–Crippen LogP) is 0.305. The van der Waals surface area contributed by atoms with Gasteiger partial charge in [0.2, 0.25) is 0 Å². The quantitative estimate of drug-likeness (QED) is 0.672. The van der Waals surface area contributed by atoms with Crippen LogP contribution in [0.15, 0.2) is 34.1 Å². The van der Waals surface area contributed by atoms with E-state index < -0.39 is 17.2 Å². The van der Waals surface area contributed by atoms with Gasteiger partial charge in [0.1, 0.15) is 12.4 Å². The Balaban J connectivity index is 1.78. The number of imidazole rings is 1. The van der Waals surface area contributed by atoms with Gasteiger partial charge in [0.15, 0.2) is 11.2 Å². The number of aryl methyl sites for hydroxylation is 2. The van der Waals surface area contributed by atoms with E-state index in [0.717, 1.165) is 4.57 Å². The Hall–Kier alpha value is -3.36. The topological polar surface area (TPSA) is 108 Å². The van der Waals surface area contributed by atoms with Crippen molar-refractivity contribution in [3.63, 3.8) is 0 Å². The molecule has 0 unspecified atom stereocenters. The van der Waals surface area contributed by atoms with Crippen molar-refractivity contribution in [1.29, 1.82) is 0 Å². The number of fused-ring (bicyclic) bond motifs is 1. The van der Waals surface area contributed by atoms with Crippen LogP contribution in [0, 0.1) is 6.92 Å². The number of esters is 1. The van der Waals surface area contributed by atoms with E-state index >= 15 is 0 Å². The fourth-order valence-corrected chi connectivity index (χ4v) is 2.62. The van der Waals surface area contributed by atoms with E-state index in [1.807, 2.05) is 0 Å². The maximum atomic E-state index is 12.3. The average molecular weight is 358 g/mol. The molecule has 0 aliphatic rings. The summed E-state index contributed by atoms with van der Waals surface area (Å²) in [6.07, 6.45) is 1.43. The molecule has 9 heteroatoms. The van der Waals surface area contributed by atoms with Gasteiger partial charge in [-0.25, -0.2) is 14.6 Å². The average Bonchev–Trinajstić information content (AvgIpc) is 3.04. The fourth-order valence-electron chi connectivity index (χ4n) is 2.62. The van der Waals surface area contributed by atoms with Crippen molar-refractivity contribution < 1.29 is 14.6 Å². The van der Waals surface area contributed by atoms with E-state index in [2.05, 4.69) is 4.98 Å². The van der Waals surface area contributed by atoms with Gasteiger partial charge in [0, 0.05) is 14.1 Å². The summed E-state index contributed by atoms with van der Waals surface area (Å²) in [6.45, 7) is 1.93. The monoisotopic (exact) mass is 358 g/mol. The number of carbonyl (C=O) groups is 1. The normalized spacial score (nSPS) is 11.0. The van der Waals surface area contributed by atoms with Crippen LogP contribution in [0.3, 0.4) is 0 Å². The first-order chi connectivity index (χ1) is 12.3. The largest absolute Gasteiger partial charge is 0.508 e. The van der Waals surface area contributed by atoms with Crippen LogP contribution in [-0.2, 0) is 25.4 Å². The number of ether oxygens (including phenoxy) is 1. The van der Waals surface area contributed by atoms with Gasteiger partial charge < -0.3 is 14.4 Å². The van der Waals surface area contributed by atoms with Gasteiger partial charge >= 0.3 is 11.7 Å². The second kappa shape index (κ2) is 6.51. The van der Waals surface area contributed by atoms with Crippen molar-refractivity contribution in [3.05, 3.63) is 56.5 Å². The number of phenolic OH excluding ortho intramolecular Hbond substituents is 1. The van der Waals surface area contributed by atoms with Gasteiger partial charge in [-0.2, -0.15) is 0 Å². The fraction of sp³-hybridized carbons (Fsp3) is 0.294. The number of carbonyl (C=O) groups excluding carboxylic acids is 1. The Bertz CT molecular complexity index is 1120. The van der Waals surface area contributed by atoms with Crippen molar-refractivity contribution in [2.45, 2.75) is 13.5 Å². The molecule has 136 valence electrons. The SMILES string of the molecule is Cc1ccc(C(=O)OCCn2cnc3c2c(=O)n(C)c(=O)n3C)cc1O. The molecule has 9 nitrogen and oxygen atoms in total. The van der Waals surface area contributed by atoms with E-state index in [1.165, 1.54) is 35.6 Å². The first kappa shape index (κ1) is 17.5. The van der Waals surface area contributed by atoms with E-state index in [4.69, 9.17) is 4.74 Å². The molecule has 3 aromatic rings. The standard InChI is InChI=1S/C17H18N4O5/c1-10-4-5-11(8-12(10)22)16(24)26-7-6-21-9-18-14-13(21)15(23)20(3)17(25)19(14)2/h4-5,8-9,22H,6-7H2,1-3H3. The zero-order valence-electron chi connectivity index (χ0n) is 14.6. The maximum Gasteiger partial charge on any atom is 0.338 e. The van der Waals surface area contributed by atoms with Crippen LogP contribution in [0.1, 0.15) is 15.9 Å². The van der Waals surface area contributed by atoms with Crippen LogP contribution in [0.25, 0.3) is 11.2 Å². The van der Waals surface area contributed by atoms with Crippen molar-refractivity contribution in [2.75, 3.05) is 6.61 Å². The van der Waals surface area contributed by atoms with Gasteiger partial charge in [0.25, 0.3) is 5.56 Å². The highest BCUT2D eigenvalue weighted by Crippen LogP contribution is 2.18. The zero-order valence-corrected chi connectivity index (χ0v) is 14.6. The molecule has 1 N–H and O–H groups in total. The minimum Gasteiger partial charge on any atom is -0.508 e. The van der Waals surface area contributed by atoms with Crippen molar-refractivity contribution >= 4 is 17.1 Å². The van der Waals surface area contributed by atoms with Gasteiger partial charge in [-0.15, -0.1) is 0 Å². The molecule has 0 aliphatic carbocycles. The number of nitrogens with zero attached hydrogens (tertiary/aromatic N) is 4. The highest BCUT2D eigenvalue weighted by atomic mass is 16.5. The van der Waals surface area contributed by atoms with Crippen LogP contribution in [-0.4, -0.2) is 36.4 Å². The molecule has 0 saturated carbocycles. The Kier molecular flexibility index (Phi) is 4.37. The first-order valence-corrected chi connectivity index (χ1v) is 7.89. The van der Waals surface area contributed by atoms with E-state index in [9.17, 15) is 19.5 Å². The lowest BCUT2D eigenvalue weighted by Crippen LogP contribution is -2.37. The highest BCUT2D eigenvalue weighted by molar-refractivity contribution is 5.90. The minimum absolute atomic E-state index is 0.00489. The second-order valence-corrected chi connectivity index (χ2v) is 5.95. The molecule has 0 radical (unpaired) electrons. The number of aromatic hydroxyl groups is 1. The summed E-state index contributed by atoms with van der Waals surface area (Å²) >= 11 is 0. The smallest absolute Gasteiger partial charge is 0.338 e. The molecule has 2 heterocycles. The Morgan fingerprint density at radius 2 is 1.96 bits per heavy atom. The van der Waals surface area contributed by atoms with Gasteiger partial charge in [-0.05, 0) is 24.6 Å². The Morgan fingerprint density at radius 1 is 1.23 bits per heavy atom. The number of phenols is 1. The molecule has 3 rings (SSSR count). The summed E-state index contributed by atoms with van der Waals surface area (Å²) < 4.78 is 9.02. The molecule has 2 aromatic heterocycles. The summed E-state index contributed by atoms with van der Waals surface area (Å²) in [5, 5.41) is 9.66. The molecule has 0 aliphatic heterocycles. The summed E-state index contributed by atoms with van der Waals surface area (Å²) in [4.78, 5) is 40.4. The molecule has 0 bridgehead atoms. The zero-order chi connectivity index (χ0) is 19.0. The van der Waals surface area contributed by atoms with Gasteiger partial charge in [-0.3, -0.25) is 13.9 Å². The number of benzene rings is 1. The summed E-state index contributed by atoms with van der Waals surface area (Å²) in [5.41, 5.74) is 0.509. The highest BCUT2D eigenvalue weighted by Gasteiger charge is 2.15. The lowest BCUT2D eigenvalue weighted by molar-refractivity contribution is 0.0492. The lowest BCUT2D eigenvalue weighted by Gasteiger charge is -2.08. The van der Waals surface area contributed by atoms with Gasteiger partial charge in [-0.1, -0.05) is 6.07 Å². The van der Waals surface area contributed by atoms with E-state index in [1.54, 1.807) is 19.1 Å². The third-order valence-corrected chi connectivity index (χ3v) is 4.23. The third kappa shape index (κ3) is 2.87. The lowest BCUT2D eigenvalue weighted by atomic mass is 10.1. The molecule has 0 amide bonds. The van der Waals surface area contributed by atoms with Crippen LogP contribution in [0.4, 0.5) is 0 Å². The van der Waals surface area contributed by atoms with Crippen molar-refractivity contribution in [2.24, 2.45) is 14.1 Å². The third-order valence-electron chi connectivity index (χ3n) is 4.23. The minimum atomic E-state index is -0.579. The summed E-state index contributed by atoms with van der Waals surface area (Å²) in [7, 11) is 2.93. The van der Waals surface area contributed by atoms with Crippen molar-refractivity contribution in [1.82, 2.24) is 18.7 Å². The summed E-state index contributed by atoms with van der Waals surface area (Å²) in [5.74, 6) is -0.561. The molecule has 0 saturated heterocycles. The van der Waals surface area contributed by atoms with Crippen LogP contribution >= 0.6 is 0 Å². The van der Waals surface area contributed by atoms with E-state index in [-0.39, 0.29) is 35.6 Å². The summed E-state index contributed by atoms with van der Waals surface area (Å²) in [6, 6.07) is 4.53. The van der Waals surface area contributed by atoms with Crippen molar-refractivity contribution in [3.8, 4) is 5.75 Å². The molecule has 1 aromatic carbocycles. The van der Waals surface area contributed by atoms with Crippen LogP contribution in [0.5, 0.6) is 5.75 Å². The first-order valence-electron chi connectivity index (χ1n) is 7.89. The van der Waals surface area contributed by atoms with Crippen LogP contribution < -0.4 is 11.2 Å². The molecule has 0 atom stereocenters. The number of rotatable bonds is 4. The van der Waals surface area contributed by atoms with Gasteiger partial charge in [0.05, 0.1) is 18.4 Å². The molecular formula is C17H18N4O5. The molecule has 0 spiro atoms.